The molecule has 0 aliphatic heterocycles. The first-order valence-electron chi connectivity index (χ1n) is 12.3. The van der Waals surface area contributed by atoms with Crippen LogP contribution in [0.4, 0.5) is 13.2 Å². The smallest absolute Gasteiger partial charge is 0.343 e. The van der Waals surface area contributed by atoms with Crippen LogP contribution in [0.25, 0.3) is 11.1 Å². The molecule has 1 fully saturated rings. The number of phenols is 1. The second-order valence-corrected chi connectivity index (χ2v) is 9.38. The van der Waals surface area contributed by atoms with Crippen molar-refractivity contribution in [1.29, 1.82) is 0 Å². The molecule has 2 N–H and O–H groups in total. The number of aliphatic hydroxyl groups excluding tert-OH is 1. The maximum atomic E-state index is 15.1. The summed E-state index contributed by atoms with van der Waals surface area (Å²) in [5, 5.41) is 19.5. The molecule has 1 saturated carbocycles. The Morgan fingerprint density at radius 3 is 2.31 bits per heavy atom. The molecule has 0 radical (unpaired) electrons. The number of phenolic OH excluding ortho intramolecular Hbond substituents is 1. The quantitative estimate of drug-likeness (QED) is 0.269. The van der Waals surface area contributed by atoms with E-state index in [0.717, 1.165) is 37.8 Å². The molecule has 0 aromatic heterocycles. The lowest BCUT2D eigenvalue weighted by Gasteiger charge is -2.32. The zero-order chi connectivity index (χ0) is 25.8. The lowest BCUT2D eigenvalue weighted by atomic mass is 9.75. The number of ether oxygens (including phenoxy) is 1. The van der Waals surface area contributed by atoms with Gasteiger partial charge in [0.2, 0.25) is 0 Å². The molecular formula is C29H29F3O4. The van der Waals surface area contributed by atoms with Gasteiger partial charge in [-0.05, 0) is 79.3 Å². The Kier molecular flexibility index (Phi) is 7.99. The predicted octanol–water partition coefficient (Wildman–Crippen LogP) is 7.13. The van der Waals surface area contributed by atoms with E-state index in [9.17, 15) is 19.4 Å². The molecule has 3 aromatic carbocycles. The zero-order valence-electron chi connectivity index (χ0n) is 20.0. The minimum absolute atomic E-state index is 0.0767. The molecule has 0 heterocycles. The van der Waals surface area contributed by atoms with E-state index in [2.05, 4.69) is 0 Å². The zero-order valence-corrected chi connectivity index (χ0v) is 20.0. The van der Waals surface area contributed by atoms with Crippen LogP contribution in [-0.4, -0.2) is 22.3 Å². The normalized spacial score (nSPS) is 18.6. The highest BCUT2D eigenvalue weighted by molar-refractivity contribution is 5.91. The number of carbonyl (C=O) groups excluding carboxylic acids is 1. The number of rotatable bonds is 7. The van der Waals surface area contributed by atoms with Crippen LogP contribution >= 0.6 is 0 Å². The van der Waals surface area contributed by atoms with Gasteiger partial charge in [0.15, 0.2) is 23.2 Å². The largest absolute Gasteiger partial charge is 0.508 e. The van der Waals surface area contributed by atoms with E-state index in [1.807, 2.05) is 6.92 Å². The molecule has 3 aromatic rings. The van der Waals surface area contributed by atoms with Gasteiger partial charge in [0.1, 0.15) is 5.75 Å². The Morgan fingerprint density at radius 1 is 0.972 bits per heavy atom. The second-order valence-electron chi connectivity index (χ2n) is 9.38. The van der Waals surface area contributed by atoms with Crippen LogP contribution in [-0.2, 0) is 0 Å². The summed E-state index contributed by atoms with van der Waals surface area (Å²) in [5.74, 6) is -4.02. The Balaban J connectivity index is 1.46. The topological polar surface area (TPSA) is 66.8 Å². The summed E-state index contributed by atoms with van der Waals surface area (Å²) < 4.78 is 49.0. The van der Waals surface area contributed by atoms with Gasteiger partial charge in [0, 0.05) is 11.6 Å². The molecule has 0 spiro atoms. The molecular weight excluding hydrogens is 469 g/mol. The van der Waals surface area contributed by atoms with Gasteiger partial charge in [-0.1, -0.05) is 37.6 Å². The Morgan fingerprint density at radius 2 is 1.67 bits per heavy atom. The van der Waals surface area contributed by atoms with Gasteiger partial charge in [-0.2, -0.15) is 0 Å². The summed E-state index contributed by atoms with van der Waals surface area (Å²) in [7, 11) is 0. The summed E-state index contributed by atoms with van der Waals surface area (Å²) in [6, 6.07) is 12.1. The molecule has 0 bridgehead atoms. The Hall–Kier alpha value is -3.32. The van der Waals surface area contributed by atoms with Gasteiger partial charge in [-0.25, -0.2) is 18.0 Å². The highest BCUT2D eigenvalue weighted by Crippen LogP contribution is 2.40. The maximum Gasteiger partial charge on any atom is 0.343 e. The minimum Gasteiger partial charge on any atom is -0.508 e. The molecule has 7 heteroatoms. The van der Waals surface area contributed by atoms with Crippen molar-refractivity contribution in [2.45, 2.75) is 57.5 Å². The van der Waals surface area contributed by atoms with E-state index in [0.29, 0.717) is 24.0 Å². The Bertz CT molecular complexity index is 1220. The highest BCUT2D eigenvalue weighted by Gasteiger charge is 2.29. The van der Waals surface area contributed by atoms with Crippen LogP contribution in [0, 0.1) is 23.4 Å². The number of aromatic hydroxyl groups is 1. The first-order valence-corrected chi connectivity index (χ1v) is 12.3. The van der Waals surface area contributed by atoms with Gasteiger partial charge in [-0.3, -0.25) is 0 Å². The lowest BCUT2D eigenvalue weighted by molar-refractivity contribution is 0.0723. The van der Waals surface area contributed by atoms with Gasteiger partial charge < -0.3 is 14.9 Å². The second kappa shape index (κ2) is 11.2. The van der Waals surface area contributed by atoms with E-state index in [1.165, 1.54) is 30.3 Å². The molecule has 1 aliphatic rings. The third-order valence-electron chi connectivity index (χ3n) is 7.00. The highest BCUT2D eigenvalue weighted by atomic mass is 19.2. The summed E-state index contributed by atoms with van der Waals surface area (Å²) in [5.41, 5.74) is 0.922. The molecule has 1 aliphatic carbocycles. The monoisotopic (exact) mass is 498 g/mol. The number of halogens is 3. The van der Waals surface area contributed by atoms with E-state index in [4.69, 9.17) is 4.74 Å². The average molecular weight is 499 g/mol. The van der Waals surface area contributed by atoms with E-state index in [1.54, 1.807) is 12.1 Å². The standard InChI is InChI=1S/C29H29F3O4/c1-2-3-25(34)19-8-4-17(5-9-19)22-13-14-23(28(32)27(22)31)18-6-10-20(11-7-18)29(35)36-26-15-12-21(33)16-24(26)30/h6-7,10-17,19,25,33-34H,2-5,8-9H2,1H3. The van der Waals surface area contributed by atoms with Crippen molar-refractivity contribution in [2.24, 2.45) is 5.92 Å². The van der Waals surface area contributed by atoms with Crippen LogP contribution in [0.5, 0.6) is 11.5 Å². The molecule has 0 amide bonds. The van der Waals surface area contributed by atoms with Crippen molar-refractivity contribution in [3.05, 3.63) is 83.2 Å². The van der Waals surface area contributed by atoms with Crippen LogP contribution in [0.3, 0.4) is 0 Å². The van der Waals surface area contributed by atoms with Crippen molar-refractivity contribution in [2.75, 3.05) is 0 Å². The van der Waals surface area contributed by atoms with Gasteiger partial charge >= 0.3 is 5.97 Å². The predicted molar refractivity (Wildman–Crippen MR) is 130 cm³/mol. The van der Waals surface area contributed by atoms with E-state index < -0.39 is 23.4 Å². The number of carbonyl (C=O) groups is 1. The fourth-order valence-electron chi connectivity index (χ4n) is 4.97. The fourth-order valence-corrected chi connectivity index (χ4v) is 4.97. The average Bonchev–Trinajstić information content (AvgIpc) is 2.88. The van der Waals surface area contributed by atoms with Crippen molar-refractivity contribution in [1.82, 2.24) is 0 Å². The van der Waals surface area contributed by atoms with Crippen molar-refractivity contribution < 1.29 is 32.9 Å². The van der Waals surface area contributed by atoms with Crippen molar-refractivity contribution >= 4 is 5.97 Å². The molecule has 0 saturated heterocycles. The molecule has 1 atom stereocenters. The third kappa shape index (κ3) is 5.57. The lowest BCUT2D eigenvalue weighted by Crippen LogP contribution is -2.25. The summed E-state index contributed by atoms with van der Waals surface area (Å²) in [4.78, 5) is 12.3. The minimum atomic E-state index is -0.942. The third-order valence-corrected chi connectivity index (χ3v) is 7.00. The van der Waals surface area contributed by atoms with Crippen LogP contribution in [0.2, 0.25) is 0 Å². The summed E-state index contributed by atoms with van der Waals surface area (Å²) in [6.07, 6.45) is 4.35. The molecule has 36 heavy (non-hydrogen) atoms. The number of esters is 1. The molecule has 190 valence electrons. The first-order chi connectivity index (χ1) is 17.3. The Labute approximate surface area is 208 Å². The van der Waals surface area contributed by atoms with E-state index >= 15 is 8.78 Å². The molecule has 4 rings (SSSR count). The van der Waals surface area contributed by atoms with E-state index in [-0.39, 0.29) is 40.6 Å². The SMILES string of the molecule is CCCC(O)C1CCC(c2ccc(-c3ccc(C(=O)Oc4ccc(O)cc4F)cc3)c(F)c2F)CC1. The van der Waals surface area contributed by atoms with Gasteiger partial charge in [-0.15, -0.1) is 0 Å². The number of benzene rings is 3. The van der Waals surface area contributed by atoms with Gasteiger partial charge in [0.05, 0.1) is 11.7 Å². The summed E-state index contributed by atoms with van der Waals surface area (Å²) >= 11 is 0. The van der Waals surface area contributed by atoms with Crippen molar-refractivity contribution in [3.8, 4) is 22.6 Å². The van der Waals surface area contributed by atoms with Crippen LogP contribution < -0.4 is 4.74 Å². The maximum absolute atomic E-state index is 15.1. The number of aliphatic hydroxyl groups is 1. The summed E-state index contributed by atoms with van der Waals surface area (Å²) in [6.45, 7) is 2.03. The van der Waals surface area contributed by atoms with Crippen LogP contribution in [0.1, 0.15) is 67.3 Å². The number of hydrogen-bond acceptors (Lipinski definition) is 4. The van der Waals surface area contributed by atoms with Gasteiger partial charge in [0.25, 0.3) is 0 Å². The molecule has 1 unspecified atom stereocenters. The van der Waals surface area contributed by atoms with Crippen molar-refractivity contribution in [3.63, 3.8) is 0 Å². The van der Waals surface area contributed by atoms with Crippen LogP contribution in [0.15, 0.2) is 54.6 Å². The fraction of sp³-hybridized carbons (Fsp3) is 0.345. The first kappa shape index (κ1) is 25.8. The molecule has 4 nitrogen and oxygen atoms in total. The number of hydrogen-bond donors (Lipinski definition) is 2.